The van der Waals surface area contributed by atoms with Gasteiger partial charge in [-0.3, -0.25) is 0 Å². The van der Waals surface area contributed by atoms with Crippen molar-refractivity contribution >= 4 is 5.69 Å². The molecular formula is C16H18F2N2O2. The Morgan fingerprint density at radius 2 is 1.82 bits per heavy atom. The Balaban J connectivity index is 1.86. The van der Waals surface area contributed by atoms with E-state index in [9.17, 15) is 8.78 Å². The first-order valence-corrected chi connectivity index (χ1v) is 7.15. The molecule has 6 heteroatoms. The van der Waals surface area contributed by atoms with E-state index in [2.05, 4.69) is 9.88 Å². The van der Waals surface area contributed by atoms with Gasteiger partial charge in [0.05, 0.1) is 20.8 Å². The van der Waals surface area contributed by atoms with Crippen LogP contribution in [0.15, 0.2) is 24.4 Å². The van der Waals surface area contributed by atoms with E-state index in [0.717, 1.165) is 18.5 Å². The van der Waals surface area contributed by atoms with Crippen LogP contribution in [0.5, 0.6) is 11.5 Å². The molecule has 1 aliphatic rings. The molecule has 4 nitrogen and oxygen atoms in total. The lowest BCUT2D eigenvalue weighted by Crippen LogP contribution is -2.09. The number of nitrogens with zero attached hydrogens (tertiary/aromatic N) is 1. The van der Waals surface area contributed by atoms with Crippen molar-refractivity contribution in [1.82, 2.24) is 4.57 Å². The second kappa shape index (κ2) is 5.87. The van der Waals surface area contributed by atoms with Crippen LogP contribution in [0.4, 0.5) is 14.5 Å². The van der Waals surface area contributed by atoms with E-state index < -0.39 is 11.6 Å². The molecule has 1 aromatic heterocycles. The summed E-state index contributed by atoms with van der Waals surface area (Å²) in [6.45, 7) is 0.327. The van der Waals surface area contributed by atoms with E-state index in [-0.39, 0.29) is 17.2 Å². The molecular weight excluding hydrogens is 290 g/mol. The largest absolute Gasteiger partial charge is 0.493 e. The number of aromatic nitrogens is 1. The predicted octanol–water partition coefficient (Wildman–Crippen LogP) is 3.73. The highest BCUT2D eigenvalue weighted by atomic mass is 19.1. The van der Waals surface area contributed by atoms with Crippen molar-refractivity contribution in [2.45, 2.75) is 25.4 Å². The first-order chi connectivity index (χ1) is 10.7. The summed E-state index contributed by atoms with van der Waals surface area (Å²) in [6, 6.07) is 5.59. The summed E-state index contributed by atoms with van der Waals surface area (Å²) < 4.78 is 40.5. The third kappa shape index (κ3) is 2.61. The fraction of sp³-hybridized carbons (Fsp3) is 0.375. The Kier molecular flexibility index (Phi) is 3.92. The first kappa shape index (κ1) is 14.7. The Morgan fingerprint density at radius 1 is 1.18 bits per heavy atom. The summed E-state index contributed by atoms with van der Waals surface area (Å²) in [4.78, 5) is 0. The van der Waals surface area contributed by atoms with Crippen LogP contribution in [0.1, 0.15) is 24.6 Å². The number of hydrogen-bond acceptors (Lipinski definition) is 3. The zero-order valence-electron chi connectivity index (χ0n) is 12.5. The lowest BCUT2D eigenvalue weighted by molar-refractivity contribution is 0.360. The van der Waals surface area contributed by atoms with Crippen LogP contribution in [0, 0.1) is 11.6 Å². The molecule has 0 spiro atoms. The van der Waals surface area contributed by atoms with Crippen LogP contribution in [-0.4, -0.2) is 18.8 Å². The molecule has 3 rings (SSSR count). The second-order valence-corrected chi connectivity index (χ2v) is 5.28. The van der Waals surface area contributed by atoms with E-state index in [4.69, 9.17) is 9.47 Å². The van der Waals surface area contributed by atoms with Crippen LogP contribution in [0.2, 0.25) is 0 Å². The number of rotatable bonds is 6. The molecule has 2 aromatic rings. The Morgan fingerprint density at radius 3 is 2.36 bits per heavy atom. The molecule has 1 saturated carbocycles. The van der Waals surface area contributed by atoms with Crippen molar-refractivity contribution in [2.24, 2.45) is 0 Å². The average molecular weight is 308 g/mol. The predicted molar refractivity (Wildman–Crippen MR) is 79.5 cm³/mol. The van der Waals surface area contributed by atoms with Crippen LogP contribution in [-0.2, 0) is 6.54 Å². The Labute approximate surface area is 127 Å². The van der Waals surface area contributed by atoms with Crippen LogP contribution >= 0.6 is 0 Å². The van der Waals surface area contributed by atoms with Gasteiger partial charge in [0.25, 0.3) is 0 Å². The summed E-state index contributed by atoms with van der Waals surface area (Å²) in [5.74, 6) is -1.63. The summed E-state index contributed by atoms with van der Waals surface area (Å²) in [5.41, 5.74) is 0.753. The maximum Gasteiger partial charge on any atom is 0.191 e. The molecule has 0 unspecified atom stereocenters. The van der Waals surface area contributed by atoms with Gasteiger partial charge < -0.3 is 19.4 Å². The minimum absolute atomic E-state index is 0.0571. The van der Waals surface area contributed by atoms with Crippen LogP contribution < -0.4 is 14.8 Å². The zero-order valence-corrected chi connectivity index (χ0v) is 12.5. The Hall–Kier alpha value is -2.24. The van der Waals surface area contributed by atoms with E-state index in [1.54, 1.807) is 0 Å². The quantitative estimate of drug-likeness (QED) is 0.883. The highest BCUT2D eigenvalue weighted by Crippen LogP contribution is 2.37. The number of anilines is 1. The minimum Gasteiger partial charge on any atom is -0.493 e. The van der Waals surface area contributed by atoms with Gasteiger partial charge in [0.1, 0.15) is 5.69 Å². The number of hydrogen-bond donors (Lipinski definition) is 1. The Bertz CT molecular complexity index is 653. The summed E-state index contributed by atoms with van der Waals surface area (Å²) >= 11 is 0. The van der Waals surface area contributed by atoms with E-state index >= 15 is 0 Å². The first-order valence-electron chi connectivity index (χ1n) is 7.15. The highest BCUT2D eigenvalue weighted by molar-refractivity contribution is 5.57. The fourth-order valence-corrected chi connectivity index (χ4v) is 2.51. The maximum absolute atomic E-state index is 14.3. The number of halogens is 2. The molecule has 0 aliphatic heterocycles. The molecule has 1 N–H and O–H groups in total. The van der Waals surface area contributed by atoms with Crippen molar-refractivity contribution in [2.75, 3.05) is 19.5 Å². The number of nitrogens with one attached hydrogen (secondary N) is 1. The van der Waals surface area contributed by atoms with Gasteiger partial charge in [-0.05, 0) is 25.0 Å². The van der Waals surface area contributed by atoms with Gasteiger partial charge in [0, 0.05) is 24.0 Å². The molecule has 1 aromatic carbocycles. The smallest absolute Gasteiger partial charge is 0.191 e. The van der Waals surface area contributed by atoms with Gasteiger partial charge in [0.15, 0.2) is 23.1 Å². The summed E-state index contributed by atoms with van der Waals surface area (Å²) in [5, 5.41) is 2.83. The maximum atomic E-state index is 14.3. The number of ether oxygens (including phenoxy) is 2. The standard InChI is InChI=1S/C16H18F2N2O2/c1-21-12-8-13(22-2)15(18)16(14(12)17)19-9-11-4-3-7-20(11)10-5-6-10/h3-4,7-8,10,19H,5-6,9H2,1-2H3. The molecule has 22 heavy (non-hydrogen) atoms. The van der Waals surface area contributed by atoms with Crippen molar-refractivity contribution in [3.8, 4) is 11.5 Å². The molecule has 0 saturated heterocycles. The topological polar surface area (TPSA) is 35.4 Å². The van der Waals surface area contributed by atoms with Crippen LogP contribution in [0.3, 0.4) is 0 Å². The molecule has 0 radical (unpaired) electrons. The fourth-order valence-electron chi connectivity index (χ4n) is 2.51. The molecule has 0 amide bonds. The second-order valence-electron chi connectivity index (χ2n) is 5.28. The van der Waals surface area contributed by atoms with Crippen LogP contribution in [0.25, 0.3) is 0 Å². The van der Waals surface area contributed by atoms with Gasteiger partial charge >= 0.3 is 0 Å². The minimum atomic E-state index is -0.759. The van der Waals surface area contributed by atoms with E-state index in [1.807, 2.05) is 18.3 Å². The van der Waals surface area contributed by atoms with E-state index in [0.29, 0.717) is 12.6 Å². The van der Waals surface area contributed by atoms with Gasteiger partial charge in [0.2, 0.25) is 0 Å². The van der Waals surface area contributed by atoms with Crippen molar-refractivity contribution < 1.29 is 18.3 Å². The van der Waals surface area contributed by atoms with Gasteiger partial charge in [-0.1, -0.05) is 0 Å². The van der Waals surface area contributed by atoms with Crippen molar-refractivity contribution in [3.63, 3.8) is 0 Å². The molecule has 1 fully saturated rings. The summed E-state index contributed by atoms with van der Waals surface area (Å²) in [7, 11) is 2.66. The van der Waals surface area contributed by atoms with Crippen molar-refractivity contribution in [1.29, 1.82) is 0 Å². The highest BCUT2D eigenvalue weighted by Gasteiger charge is 2.25. The third-order valence-corrected chi connectivity index (χ3v) is 3.83. The molecule has 0 atom stereocenters. The lowest BCUT2D eigenvalue weighted by atomic mass is 10.2. The average Bonchev–Trinajstić information content (AvgIpc) is 3.26. The molecule has 1 aliphatic carbocycles. The summed E-state index contributed by atoms with van der Waals surface area (Å²) in [6.07, 6.45) is 4.29. The normalized spacial score (nSPS) is 14.0. The number of benzene rings is 1. The molecule has 0 bridgehead atoms. The molecule has 1 heterocycles. The number of methoxy groups -OCH3 is 2. The van der Waals surface area contributed by atoms with Gasteiger partial charge in [-0.15, -0.1) is 0 Å². The van der Waals surface area contributed by atoms with Gasteiger partial charge in [-0.25, -0.2) is 8.78 Å². The third-order valence-electron chi connectivity index (χ3n) is 3.83. The SMILES string of the molecule is COc1cc(OC)c(F)c(NCc2cccn2C2CC2)c1F. The molecule has 118 valence electrons. The van der Waals surface area contributed by atoms with Gasteiger partial charge in [-0.2, -0.15) is 0 Å². The monoisotopic (exact) mass is 308 g/mol. The van der Waals surface area contributed by atoms with Crippen molar-refractivity contribution in [3.05, 3.63) is 41.7 Å². The lowest BCUT2D eigenvalue weighted by Gasteiger charge is -2.15. The van der Waals surface area contributed by atoms with E-state index in [1.165, 1.54) is 20.3 Å². The zero-order chi connectivity index (χ0) is 15.7.